The van der Waals surface area contributed by atoms with Crippen molar-refractivity contribution in [3.63, 3.8) is 0 Å². The average molecular weight is 259 g/mol. The molecule has 0 N–H and O–H groups in total. The molecule has 0 amide bonds. The number of aryl methyl sites for hydroxylation is 1. The molecule has 1 aromatic carbocycles. The van der Waals surface area contributed by atoms with Crippen LogP contribution in [0.5, 0.6) is 0 Å². The van der Waals surface area contributed by atoms with Gasteiger partial charge in [0.2, 0.25) is 0 Å². The largest absolute Gasteiger partial charge is 0.303 e. The third-order valence-electron chi connectivity index (χ3n) is 2.12. The first kappa shape index (κ1) is 11.4. The number of benzene rings is 1. The molecule has 0 aliphatic rings. The Morgan fingerprint density at radius 3 is 2.86 bits per heavy atom. The lowest BCUT2D eigenvalue weighted by molar-refractivity contribution is -0.110. The first-order chi connectivity index (χ1) is 6.63. The first-order valence-corrected chi connectivity index (χ1v) is 5.32. The van der Waals surface area contributed by atoms with Gasteiger partial charge in [-0.25, -0.2) is 4.39 Å². The summed E-state index contributed by atoms with van der Waals surface area (Å²) >= 11 is 3.29. The Morgan fingerprint density at radius 1 is 1.57 bits per heavy atom. The molecule has 1 rings (SSSR count). The zero-order valence-corrected chi connectivity index (χ0v) is 9.55. The number of hydrogen-bond donors (Lipinski definition) is 0. The Balaban J connectivity index is 2.63. The number of carbonyl (C=O) groups is 1. The van der Waals surface area contributed by atoms with Gasteiger partial charge in [-0.3, -0.25) is 0 Å². The van der Waals surface area contributed by atoms with Crippen molar-refractivity contribution in [3.8, 4) is 0 Å². The predicted molar refractivity (Wildman–Crippen MR) is 57.6 cm³/mol. The number of carbonyl (C=O) groups excluding carboxylic acids is 1. The second-order valence-electron chi connectivity index (χ2n) is 3.39. The van der Waals surface area contributed by atoms with Gasteiger partial charge in [0.15, 0.2) is 0 Å². The van der Waals surface area contributed by atoms with E-state index in [0.717, 1.165) is 29.2 Å². The van der Waals surface area contributed by atoms with Crippen LogP contribution in [-0.4, -0.2) is 6.29 Å². The molecule has 14 heavy (non-hydrogen) atoms. The Hall–Kier alpha value is -0.700. The molecule has 0 saturated carbocycles. The third kappa shape index (κ3) is 3.22. The van der Waals surface area contributed by atoms with Crippen LogP contribution in [0.1, 0.15) is 18.9 Å². The van der Waals surface area contributed by atoms with Crippen LogP contribution in [0, 0.1) is 11.7 Å². The minimum atomic E-state index is -0.246. The fourth-order valence-electron chi connectivity index (χ4n) is 1.18. The van der Waals surface area contributed by atoms with Crippen molar-refractivity contribution in [2.75, 3.05) is 0 Å². The van der Waals surface area contributed by atoms with E-state index in [1.54, 1.807) is 6.07 Å². The quantitative estimate of drug-likeness (QED) is 0.758. The van der Waals surface area contributed by atoms with Gasteiger partial charge in [-0.05, 0) is 30.5 Å². The Labute approximate surface area is 91.5 Å². The summed E-state index contributed by atoms with van der Waals surface area (Å²) in [4.78, 5) is 10.4. The molecule has 1 nitrogen and oxygen atoms in total. The molecule has 0 saturated heterocycles. The molecule has 0 aliphatic heterocycles. The summed E-state index contributed by atoms with van der Waals surface area (Å²) in [6.45, 7) is 1.88. The van der Waals surface area contributed by atoms with Crippen LogP contribution >= 0.6 is 15.9 Å². The maximum absolute atomic E-state index is 12.7. The van der Waals surface area contributed by atoms with Crippen LogP contribution in [-0.2, 0) is 11.2 Å². The zero-order valence-electron chi connectivity index (χ0n) is 7.97. The summed E-state index contributed by atoms with van der Waals surface area (Å²) in [6, 6.07) is 4.63. The van der Waals surface area contributed by atoms with Crippen LogP contribution in [0.15, 0.2) is 22.7 Å². The normalized spacial score (nSPS) is 12.5. The highest BCUT2D eigenvalue weighted by Crippen LogP contribution is 2.20. The van der Waals surface area contributed by atoms with Gasteiger partial charge in [0.1, 0.15) is 12.1 Å². The first-order valence-electron chi connectivity index (χ1n) is 4.52. The number of aldehydes is 1. The van der Waals surface area contributed by atoms with E-state index in [-0.39, 0.29) is 11.7 Å². The van der Waals surface area contributed by atoms with E-state index in [4.69, 9.17) is 0 Å². The van der Waals surface area contributed by atoms with Gasteiger partial charge >= 0.3 is 0 Å². The lowest BCUT2D eigenvalue weighted by atomic mass is 10.0. The summed E-state index contributed by atoms with van der Waals surface area (Å²) in [5, 5.41) is 0. The molecule has 0 aliphatic carbocycles. The lowest BCUT2D eigenvalue weighted by Crippen LogP contribution is -1.98. The molecule has 1 aromatic rings. The minimum Gasteiger partial charge on any atom is -0.303 e. The highest BCUT2D eigenvalue weighted by atomic mass is 79.9. The lowest BCUT2D eigenvalue weighted by Gasteiger charge is -2.05. The maximum atomic E-state index is 12.7. The van der Waals surface area contributed by atoms with Gasteiger partial charge in [-0.2, -0.15) is 0 Å². The van der Waals surface area contributed by atoms with E-state index in [2.05, 4.69) is 15.9 Å². The van der Waals surface area contributed by atoms with Crippen molar-refractivity contribution in [2.24, 2.45) is 5.92 Å². The SMILES string of the molecule is CC(C=O)CCc1ccc(F)cc1Br. The summed E-state index contributed by atoms with van der Waals surface area (Å²) in [5.74, 6) is -0.184. The van der Waals surface area contributed by atoms with Crippen molar-refractivity contribution in [1.29, 1.82) is 0 Å². The Kier molecular flexibility index (Phi) is 4.26. The number of halogens is 2. The van der Waals surface area contributed by atoms with Crippen LogP contribution in [0.25, 0.3) is 0 Å². The number of rotatable bonds is 4. The highest BCUT2D eigenvalue weighted by Gasteiger charge is 2.04. The van der Waals surface area contributed by atoms with Crippen LogP contribution < -0.4 is 0 Å². The van der Waals surface area contributed by atoms with Gasteiger partial charge in [0, 0.05) is 10.4 Å². The Bertz CT molecular complexity index is 325. The minimum absolute atomic E-state index is 0.0620. The summed E-state index contributed by atoms with van der Waals surface area (Å²) in [6.07, 6.45) is 2.53. The smallest absolute Gasteiger partial charge is 0.124 e. The van der Waals surface area contributed by atoms with Crippen molar-refractivity contribution in [1.82, 2.24) is 0 Å². The second-order valence-corrected chi connectivity index (χ2v) is 4.24. The molecule has 0 fully saturated rings. The predicted octanol–water partition coefficient (Wildman–Crippen LogP) is 3.36. The fourth-order valence-corrected chi connectivity index (χ4v) is 1.72. The molecule has 0 aromatic heterocycles. The second kappa shape index (κ2) is 5.25. The van der Waals surface area contributed by atoms with Gasteiger partial charge in [0.05, 0.1) is 0 Å². The van der Waals surface area contributed by atoms with E-state index < -0.39 is 0 Å². The van der Waals surface area contributed by atoms with E-state index in [0.29, 0.717) is 0 Å². The monoisotopic (exact) mass is 258 g/mol. The van der Waals surface area contributed by atoms with Gasteiger partial charge in [-0.15, -0.1) is 0 Å². The molecular formula is C11H12BrFO. The molecular weight excluding hydrogens is 247 g/mol. The third-order valence-corrected chi connectivity index (χ3v) is 2.85. The molecule has 0 spiro atoms. The molecule has 3 heteroatoms. The summed E-state index contributed by atoms with van der Waals surface area (Å²) in [5.41, 5.74) is 1.04. The fraction of sp³-hybridized carbons (Fsp3) is 0.364. The van der Waals surface area contributed by atoms with E-state index in [1.807, 2.05) is 6.92 Å². The Morgan fingerprint density at radius 2 is 2.29 bits per heavy atom. The molecule has 1 atom stereocenters. The van der Waals surface area contributed by atoms with Crippen LogP contribution in [0.4, 0.5) is 4.39 Å². The number of hydrogen-bond acceptors (Lipinski definition) is 1. The van der Waals surface area contributed by atoms with E-state index >= 15 is 0 Å². The van der Waals surface area contributed by atoms with Gasteiger partial charge in [0.25, 0.3) is 0 Å². The molecule has 0 radical (unpaired) electrons. The van der Waals surface area contributed by atoms with Crippen LogP contribution in [0.2, 0.25) is 0 Å². The van der Waals surface area contributed by atoms with E-state index in [1.165, 1.54) is 12.1 Å². The summed E-state index contributed by atoms with van der Waals surface area (Å²) in [7, 11) is 0. The zero-order chi connectivity index (χ0) is 10.6. The van der Waals surface area contributed by atoms with E-state index in [9.17, 15) is 9.18 Å². The molecule has 0 bridgehead atoms. The molecule has 1 unspecified atom stereocenters. The molecule has 0 heterocycles. The summed E-state index contributed by atoms with van der Waals surface area (Å²) < 4.78 is 13.5. The standard InChI is InChI=1S/C11H12BrFO/c1-8(7-14)2-3-9-4-5-10(13)6-11(9)12/h4-8H,2-3H2,1H3. The van der Waals surface area contributed by atoms with Crippen molar-refractivity contribution < 1.29 is 9.18 Å². The van der Waals surface area contributed by atoms with Gasteiger partial charge < -0.3 is 4.79 Å². The van der Waals surface area contributed by atoms with Crippen molar-refractivity contribution >= 4 is 22.2 Å². The van der Waals surface area contributed by atoms with Crippen LogP contribution in [0.3, 0.4) is 0 Å². The topological polar surface area (TPSA) is 17.1 Å². The van der Waals surface area contributed by atoms with Crippen molar-refractivity contribution in [3.05, 3.63) is 34.1 Å². The molecule has 76 valence electrons. The maximum Gasteiger partial charge on any atom is 0.124 e. The highest BCUT2D eigenvalue weighted by molar-refractivity contribution is 9.10. The average Bonchev–Trinajstić information content (AvgIpc) is 2.16. The van der Waals surface area contributed by atoms with Gasteiger partial charge in [-0.1, -0.05) is 28.9 Å². The van der Waals surface area contributed by atoms with Crippen molar-refractivity contribution in [2.45, 2.75) is 19.8 Å².